The fourth-order valence-corrected chi connectivity index (χ4v) is 1.81. The van der Waals surface area contributed by atoms with Gasteiger partial charge in [-0.2, -0.15) is 0 Å². The van der Waals surface area contributed by atoms with Gasteiger partial charge in [0.15, 0.2) is 0 Å². The molecule has 1 heterocycles. The van der Waals surface area contributed by atoms with Crippen molar-refractivity contribution in [3.8, 4) is 0 Å². The molecule has 1 aromatic carbocycles. The summed E-state index contributed by atoms with van der Waals surface area (Å²) in [6.45, 7) is 3.70. The lowest BCUT2D eigenvalue weighted by atomic mass is 9.97. The number of amides is 1. The molecule has 0 aromatic heterocycles. The average Bonchev–Trinajstić information content (AvgIpc) is 2.36. The number of aryl methyl sites for hydroxylation is 1. The van der Waals surface area contributed by atoms with Gasteiger partial charge in [-0.3, -0.25) is 4.79 Å². The van der Waals surface area contributed by atoms with Crippen LogP contribution in [0.2, 0.25) is 0 Å². The lowest BCUT2D eigenvalue weighted by molar-refractivity contribution is -0.133. The predicted molar refractivity (Wildman–Crippen MR) is 64.4 cm³/mol. The molecule has 1 aromatic rings. The Labute approximate surface area is 99.3 Å². The Kier molecular flexibility index (Phi) is 2.95. The van der Waals surface area contributed by atoms with Crippen molar-refractivity contribution in [3.05, 3.63) is 35.9 Å². The molecule has 4 heteroatoms. The smallest absolute Gasteiger partial charge is 0.337 e. The summed E-state index contributed by atoms with van der Waals surface area (Å²) in [5.41, 5.74) is 2.88. The highest BCUT2D eigenvalue weighted by Gasteiger charge is 2.17. The molecule has 0 saturated carbocycles. The second-order valence-corrected chi connectivity index (χ2v) is 3.89. The van der Waals surface area contributed by atoms with Crippen LogP contribution in [0.1, 0.15) is 17.5 Å². The highest BCUT2D eigenvalue weighted by molar-refractivity contribution is 6.15. The zero-order valence-corrected chi connectivity index (χ0v) is 9.58. The Bertz CT molecular complexity index is 505. The number of hydrogen-bond donors (Lipinski definition) is 1. The highest BCUT2D eigenvalue weighted by atomic mass is 16.5. The summed E-state index contributed by atoms with van der Waals surface area (Å²) in [7, 11) is 1.33. The predicted octanol–water partition coefficient (Wildman–Crippen LogP) is 1.76. The zero-order valence-electron chi connectivity index (χ0n) is 9.58. The molecule has 1 aliphatic rings. The second kappa shape index (κ2) is 4.41. The van der Waals surface area contributed by atoms with Crippen molar-refractivity contribution in [3.63, 3.8) is 0 Å². The van der Waals surface area contributed by atoms with E-state index >= 15 is 0 Å². The SMILES string of the molecule is C=C(C(=O)OC)c1ccc2c(c1)CCC(=O)N2. The Morgan fingerprint density at radius 1 is 1.41 bits per heavy atom. The molecule has 0 atom stereocenters. The summed E-state index contributed by atoms with van der Waals surface area (Å²) < 4.78 is 4.62. The van der Waals surface area contributed by atoms with E-state index in [-0.39, 0.29) is 5.91 Å². The first-order valence-corrected chi connectivity index (χ1v) is 5.32. The van der Waals surface area contributed by atoms with Crippen LogP contribution >= 0.6 is 0 Å². The minimum Gasteiger partial charge on any atom is -0.465 e. The van der Waals surface area contributed by atoms with E-state index in [0.29, 0.717) is 18.4 Å². The van der Waals surface area contributed by atoms with Crippen LogP contribution in [-0.2, 0) is 20.7 Å². The molecule has 17 heavy (non-hydrogen) atoms. The summed E-state index contributed by atoms with van der Waals surface area (Å²) in [6.07, 6.45) is 1.16. The largest absolute Gasteiger partial charge is 0.465 e. The van der Waals surface area contributed by atoms with Crippen LogP contribution < -0.4 is 5.32 Å². The van der Waals surface area contributed by atoms with Gasteiger partial charge < -0.3 is 10.1 Å². The quantitative estimate of drug-likeness (QED) is 0.623. The minimum absolute atomic E-state index is 0.0250. The van der Waals surface area contributed by atoms with E-state index in [2.05, 4.69) is 16.6 Å². The van der Waals surface area contributed by atoms with Gasteiger partial charge in [-0.25, -0.2) is 4.79 Å². The van der Waals surface area contributed by atoms with Crippen LogP contribution in [-0.4, -0.2) is 19.0 Å². The lowest BCUT2D eigenvalue weighted by Crippen LogP contribution is -2.19. The van der Waals surface area contributed by atoms with E-state index in [1.165, 1.54) is 7.11 Å². The van der Waals surface area contributed by atoms with Crippen molar-refractivity contribution >= 4 is 23.1 Å². The van der Waals surface area contributed by atoms with Crippen molar-refractivity contribution in [2.24, 2.45) is 0 Å². The van der Waals surface area contributed by atoms with Crippen LogP contribution in [0.15, 0.2) is 24.8 Å². The maximum Gasteiger partial charge on any atom is 0.337 e. The van der Waals surface area contributed by atoms with Crippen LogP contribution in [0, 0.1) is 0 Å². The average molecular weight is 231 g/mol. The van der Waals surface area contributed by atoms with E-state index < -0.39 is 5.97 Å². The molecule has 0 fully saturated rings. The third kappa shape index (κ3) is 2.20. The molecule has 1 N–H and O–H groups in total. The topological polar surface area (TPSA) is 55.4 Å². The van der Waals surface area contributed by atoms with Gasteiger partial charge in [0.05, 0.1) is 12.7 Å². The van der Waals surface area contributed by atoms with Gasteiger partial charge >= 0.3 is 5.97 Å². The van der Waals surface area contributed by atoms with Gasteiger partial charge in [0.1, 0.15) is 0 Å². The summed E-state index contributed by atoms with van der Waals surface area (Å²) in [4.78, 5) is 22.5. The number of ether oxygens (including phenoxy) is 1. The van der Waals surface area contributed by atoms with E-state index in [0.717, 1.165) is 16.8 Å². The Morgan fingerprint density at radius 3 is 2.88 bits per heavy atom. The standard InChI is InChI=1S/C13H13NO3/c1-8(13(16)17-2)9-3-5-11-10(7-9)4-6-12(15)14-11/h3,5,7H,1,4,6H2,2H3,(H,14,15). The molecule has 2 rings (SSSR count). The second-order valence-electron chi connectivity index (χ2n) is 3.89. The van der Waals surface area contributed by atoms with Crippen LogP contribution in [0.3, 0.4) is 0 Å². The normalized spacial score (nSPS) is 13.6. The highest BCUT2D eigenvalue weighted by Crippen LogP contribution is 2.26. The lowest BCUT2D eigenvalue weighted by Gasteiger charge is -2.17. The van der Waals surface area contributed by atoms with Crippen molar-refractivity contribution in [2.75, 3.05) is 12.4 Å². The molecular formula is C13H13NO3. The van der Waals surface area contributed by atoms with Gasteiger partial charge in [0, 0.05) is 12.1 Å². The van der Waals surface area contributed by atoms with E-state index in [4.69, 9.17) is 0 Å². The maximum atomic E-state index is 11.3. The molecule has 0 spiro atoms. The number of esters is 1. The minimum atomic E-state index is -0.440. The Hall–Kier alpha value is -2.10. The molecule has 0 radical (unpaired) electrons. The number of hydrogen-bond acceptors (Lipinski definition) is 3. The molecule has 0 saturated heterocycles. The molecule has 1 amide bonds. The van der Waals surface area contributed by atoms with Gasteiger partial charge in [-0.05, 0) is 29.7 Å². The number of fused-ring (bicyclic) bond motifs is 1. The first-order valence-electron chi connectivity index (χ1n) is 5.32. The number of nitrogens with one attached hydrogen (secondary N) is 1. The first kappa shape index (κ1) is 11.4. The summed E-state index contributed by atoms with van der Waals surface area (Å²) in [5, 5.41) is 2.78. The fraction of sp³-hybridized carbons (Fsp3) is 0.231. The Balaban J connectivity index is 2.31. The third-order valence-electron chi connectivity index (χ3n) is 2.78. The third-order valence-corrected chi connectivity index (χ3v) is 2.78. The van der Waals surface area contributed by atoms with E-state index in [1.807, 2.05) is 6.07 Å². The molecular weight excluding hydrogens is 218 g/mol. The van der Waals surface area contributed by atoms with Gasteiger partial charge in [0.2, 0.25) is 5.91 Å². The summed E-state index contributed by atoms with van der Waals surface area (Å²) >= 11 is 0. The maximum absolute atomic E-state index is 11.3. The summed E-state index contributed by atoms with van der Waals surface area (Å²) in [5.74, 6) is -0.415. The molecule has 0 aliphatic carbocycles. The monoisotopic (exact) mass is 231 g/mol. The van der Waals surface area contributed by atoms with Crippen molar-refractivity contribution in [2.45, 2.75) is 12.8 Å². The van der Waals surface area contributed by atoms with Crippen molar-refractivity contribution in [1.82, 2.24) is 0 Å². The number of benzene rings is 1. The van der Waals surface area contributed by atoms with Crippen LogP contribution in [0.25, 0.3) is 5.57 Å². The molecule has 1 aliphatic heterocycles. The van der Waals surface area contributed by atoms with Crippen LogP contribution in [0.4, 0.5) is 5.69 Å². The molecule has 0 unspecified atom stereocenters. The van der Waals surface area contributed by atoms with E-state index in [9.17, 15) is 9.59 Å². The van der Waals surface area contributed by atoms with E-state index in [1.54, 1.807) is 12.1 Å². The number of methoxy groups -OCH3 is 1. The molecule has 4 nitrogen and oxygen atoms in total. The zero-order chi connectivity index (χ0) is 12.4. The number of carbonyl (C=O) groups is 2. The Morgan fingerprint density at radius 2 is 2.18 bits per heavy atom. The van der Waals surface area contributed by atoms with Crippen molar-refractivity contribution < 1.29 is 14.3 Å². The number of rotatable bonds is 2. The van der Waals surface area contributed by atoms with Crippen LogP contribution in [0.5, 0.6) is 0 Å². The van der Waals surface area contributed by atoms with Crippen molar-refractivity contribution in [1.29, 1.82) is 0 Å². The van der Waals surface area contributed by atoms with Gasteiger partial charge in [-0.15, -0.1) is 0 Å². The number of carbonyl (C=O) groups excluding carboxylic acids is 2. The molecule has 0 bridgehead atoms. The molecule has 88 valence electrons. The van der Waals surface area contributed by atoms with Gasteiger partial charge in [0.25, 0.3) is 0 Å². The summed E-state index contributed by atoms with van der Waals surface area (Å²) in [6, 6.07) is 5.41. The first-order chi connectivity index (χ1) is 8.11. The fourth-order valence-electron chi connectivity index (χ4n) is 1.81. The van der Waals surface area contributed by atoms with Gasteiger partial charge in [-0.1, -0.05) is 12.6 Å². The number of anilines is 1.